The van der Waals surface area contributed by atoms with Crippen molar-refractivity contribution in [1.29, 1.82) is 0 Å². The molecule has 7 unspecified atom stereocenters. The van der Waals surface area contributed by atoms with Crippen LogP contribution in [0.5, 0.6) is 0 Å². The molecule has 0 bridgehead atoms. The highest BCUT2D eigenvalue weighted by atomic mass is 16.7. The number of aliphatic hydroxyl groups is 5. The number of rotatable bonds is 60. The zero-order valence-corrected chi connectivity index (χ0v) is 55.0. The monoisotopic (exact) mass is 1200 g/mol. The molecule has 0 aromatic carbocycles. The Bertz CT molecular complexity index is 1820. The van der Waals surface area contributed by atoms with Gasteiger partial charge in [0.2, 0.25) is 5.91 Å². The Labute approximate surface area is 528 Å². The van der Waals surface area contributed by atoms with E-state index in [0.29, 0.717) is 12.8 Å². The molecule has 1 saturated heterocycles. The zero-order valence-electron chi connectivity index (χ0n) is 55.0. The topological polar surface area (TPSA) is 149 Å². The molecule has 9 nitrogen and oxygen atoms in total. The maximum Gasteiger partial charge on any atom is 0.220 e. The lowest BCUT2D eigenvalue weighted by Gasteiger charge is -2.40. The fraction of sp³-hybridized carbons (Fsp3) is 0.701. The van der Waals surface area contributed by atoms with Crippen LogP contribution in [0.2, 0.25) is 0 Å². The van der Waals surface area contributed by atoms with Crippen LogP contribution in [0, 0.1) is 0 Å². The Balaban J connectivity index is 2.15. The quantitative estimate of drug-likeness (QED) is 0.0261. The number of allylic oxidation sites excluding steroid dienone is 22. The van der Waals surface area contributed by atoms with Gasteiger partial charge < -0.3 is 40.3 Å². The first-order chi connectivity index (χ1) is 42.3. The highest BCUT2D eigenvalue weighted by Crippen LogP contribution is 2.23. The average Bonchev–Trinajstić information content (AvgIpc) is 2.36. The molecule has 0 radical (unpaired) electrons. The lowest BCUT2D eigenvalue weighted by atomic mass is 9.99. The van der Waals surface area contributed by atoms with Crippen molar-refractivity contribution < 1.29 is 39.8 Å². The fourth-order valence-electron chi connectivity index (χ4n) is 10.5. The van der Waals surface area contributed by atoms with E-state index in [-0.39, 0.29) is 12.5 Å². The zero-order chi connectivity index (χ0) is 62.1. The van der Waals surface area contributed by atoms with Crippen LogP contribution >= 0.6 is 0 Å². The minimum atomic E-state index is -1.56. The summed E-state index contributed by atoms with van der Waals surface area (Å²) in [5.41, 5.74) is 0. The van der Waals surface area contributed by atoms with Crippen LogP contribution < -0.4 is 5.32 Å². The molecule has 1 aliphatic heterocycles. The Morgan fingerprint density at radius 3 is 1.07 bits per heavy atom. The van der Waals surface area contributed by atoms with Gasteiger partial charge in [-0.3, -0.25) is 4.79 Å². The van der Waals surface area contributed by atoms with E-state index in [1.165, 1.54) is 141 Å². The van der Waals surface area contributed by atoms with Crippen LogP contribution in [-0.2, 0) is 14.3 Å². The van der Waals surface area contributed by atoms with E-state index < -0.39 is 49.5 Å². The smallest absolute Gasteiger partial charge is 0.220 e. The molecule has 0 aliphatic carbocycles. The predicted octanol–water partition coefficient (Wildman–Crippen LogP) is 19.6. The molecule has 7 atom stereocenters. The molecule has 1 heterocycles. The number of carbonyl (C=O) groups excluding carboxylic acids is 1. The van der Waals surface area contributed by atoms with Crippen molar-refractivity contribution >= 4 is 5.91 Å². The van der Waals surface area contributed by atoms with Crippen molar-refractivity contribution in [2.75, 3.05) is 13.2 Å². The highest BCUT2D eigenvalue weighted by molar-refractivity contribution is 5.76. The van der Waals surface area contributed by atoms with Gasteiger partial charge in [0.15, 0.2) is 6.29 Å². The van der Waals surface area contributed by atoms with Crippen LogP contribution in [0.4, 0.5) is 0 Å². The largest absolute Gasteiger partial charge is 0.394 e. The number of nitrogens with one attached hydrogen (secondary N) is 1. The molecule has 6 N–H and O–H groups in total. The number of hydrogen-bond acceptors (Lipinski definition) is 8. The summed E-state index contributed by atoms with van der Waals surface area (Å²) in [4.78, 5) is 13.1. The second kappa shape index (κ2) is 64.3. The van der Waals surface area contributed by atoms with Crippen molar-refractivity contribution in [3.05, 3.63) is 134 Å². The minimum Gasteiger partial charge on any atom is -0.394 e. The van der Waals surface area contributed by atoms with E-state index >= 15 is 0 Å². The van der Waals surface area contributed by atoms with Gasteiger partial charge in [-0.2, -0.15) is 0 Å². The molecule has 492 valence electrons. The summed E-state index contributed by atoms with van der Waals surface area (Å²) in [5.74, 6) is -0.158. The van der Waals surface area contributed by atoms with E-state index in [2.05, 4.69) is 153 Å². The Hall–Kier alpha value is -3.67. The number of aliphatic hydroxyl groups excluding tert-OH is 5. The summed E-state index contributed by atoms with van der Waals surface area (Å²) in [6.45, 7) is 3.74. The highest BCUT2D eigenvalue weighted by Gasteiger charge is 2.44. The first kappa shape index (κ1) is 80.3. The number of amides is 1. The van der Waals surface area contributed by atoms with Gasteiger partial charge >= 0.3 is 0 Å². The molecule has 1 aliphatic rings. The Morgan fingerprint density at radius 1 is 0.407 bits per heavy atom. The van der Waals surface area contributed by atoms with Crippen molar-refractivity contribution in [2.45, 2.75) is 333 Å². The molecule has 9 heteroatoms. The molecule has 0 saturated carbocycles. The molecular formula is C77H131NO8. The summed E-state index contributed by atoms with van der Waals surface area (Å²) in [5, 5.41) is 54.9. The van der Waals surface area contributed by atoms with Crippen LogP contribution in [-0.4, -0.2) is 87.5 Å². The normalized spacial score (nSPS) is 18.9. The second-order valence-electron chi connectivity index (χ2n) is 23.9. The Kier molecular flexibility index (Phi) is 60.1. The Morgan fingerprint density at radius 2 is 0.721 bits per heavy atom. The van der Waals surface area contributed by atoms with Crippen molar-refractivity contribution in [1.82, 2.24) is 5.32 Å². The standard InChI is InChI=1S/C77H131NO8/c1-3-5-7-9-11-13-15-17-19-21-23-25-27-28-29-30-31-32-33-34-35-36-37-38-39-40-41-42-43-44-45-47-49-51-53-55-57-59-61-63-65-67-73(81)78-70(69-85-77-76(84)75(83)74(82)72(68-79)86-77)71(80)66-64-62-60-58-56-54-52-50-48-46-26-24-22-20-18-16-14-12-10-8-6-4-2/h5,7,11,13,17,19,23,25,28-29,31-32,34-35,37-38,40-41,43-44,47,49,70-72,74-77,79-80,82-84H,3-4,6,8-10,12,14-16,18,20-22,24,26-27,30,33,36,39,42,45-46,48,50-69H2,1-2H3,(H,78,81)/b7-5-,13-11-,19-17-,25-23-,29-28-,32-31-,35-34-,38-37-,41-40-,44-43-,49-47-. The summed E-state index contributed by atoms with van der Waals surface area (Å²) in [7, 11) is 0. The third-order valence-corrected chi connectivity index (χ3v) is 16.0. The third kappa shape index (κ3) is 52.3. The van der Waals surface area contributed by atoms with E-state index in [4.69, 9.17) is 9.47 Å². The summed E-state index contributed by atoms with van der Waals surface area (Å²) >= 11 is 0. The predicted molar refractivity (Wildman–Crippen MR) is 368 cm³/mol. The first-order valence-electron chi connectivity index (χ1n) is 35.4. The summed E-state index contributed by atoms with van der Waals surface area (Å²) in [6, 6.07) is -0.736. The lowest BCUT2D eigenvalue weighted by Crippen LogP contribution is -2.60. The van der Waals surface area contributed by atoms with Crippen LogP contribution in [0.25, 0.3) is 0 Å². The van der Waals surface area contributed by atoms with Crippen LogP contribution in [0.15, 0.2) is 134 Å². The maximum absolute atomic E-state index is 13.1. The molecule has 1 rings (SSSR count). The molecule has 86 heavy (non-hydrogen) atoms. The van der Waals surface area contributed by atoms with Gasteiger partial charge in [0.1, 0.15) is 24.4 Å². The van der Waals surface area contributed by atoms with Gasteiger partial charge in [0.25, 0.3) is 0 Å². The molecule has 0 aromatic heterocycles. The van der Waals surface area contributed by atoms with E-state index in [0.717, 1.165) is 122 Å². The fourth-order valence-corrected chi connectivity index (χ4v) is 10.5. The second-order valence-corrected chi connectivity index (χ2v) is 23.9. The average molecular weight is 1200 g/mol. The van der Waals surface area contributed by atoms with Crippen molar-refractivity contribution in [2.24, 2.45) is 0 Å². The number of hydrogen-bond donors (Lipinski definition) is 6. The SMILES string of the molecule is CC/C=C\C/C=C\C/C=C\C/C=C\C/C=C\C/C=C\C/C=C\C/C=C\C/C=C\C/C=C\C/C=C\CCCCCCCCCC(=O)NC(COC1OC(CO)C(O)C(O)C1O)C(O)CCCCCCCCCCCCCCCCCCCCCCCC. The molecular weight excluding hydrogens is 1070 g/mol. The van der Waals surface area contributed by atoms with Gasteiger partial charge in [-0.05, 0) is 96.3 Å². The van der Waals surface area contributed by atoms with E-state index in [1.54, 1.807) is 0 Å². The molecule has 0 spiro atoms. The number of ether oxygens (including phenoxy) is 2. The van der Waals surface area contributed by atoms with E-state index in [9.17, 15) is 30.3 Å². The molecule has 0 aromatic rings. The minimum absolute atomic E-state index is 0.149. The van der Waals surface area contributed by atoms with Gasteiger partial charge in [-0.1, -0.05) is 321 Å². The van der Waals surface area contributed by atoms with E-state index in [1.807, 2.05) is 0 Å². The molecule has 1 amide bonds. The number of unbranched alkanes of at least 4 members (excludes halogenated alkanes) is 28. The third-order valence-electron chi connectivity index (χ3n) is 16.0. The van der Waals surface area contributed by atoms with Gasteiger partial charge in [-0.25, -0.2) is 0 Å². The van der Waals surface area contributed by atoms with Crippen molar-refractivity contribution in [3.63, 3.8) is 0 Å². The van der Waals surface area contributed by atoms with Gasteiger partial charge in [0.05, 0.1) is 25.4 Å². The lowest BCUT2D eigenvalue weighted by molar-refractivity contribution is -0.302. The summed E-state index contributed by atoms with van der Waals surface area (Å²) < 4.78 is 11.4. The molecule has 1 fully saturated rings. The van der Waals surface area contributed by atoms with Gasteiger partial charge in [0, 0.05) is 6.42 Å². The first-order valence-corrected chi connectivity index (χ1v) is 35.4. The number of carbonyl (C=O) groups is 1. The van der Waals surface area contributed by atoms with Crippen LogP contribution in [0.1, 0.15) is 290 Å². The van der Waals surface area contributed by atoms with Crippen molar-refractivity contribution in [3.8, 4) is 0 Å². The van der Waals surface area contributed by atoms with Gasteiger partial charge in [-0.15, -0.1) is 0 Å². The van der Waals surface area contributed by atoms with Crippen LogP contribution in [0.3, 0.4) is 0 Å². The summed E-state index contributed by atoms with van der Waals surface area (Å²) in [6.07, 6.45) is 90.7. The maximum atomic E-state index is 13.1.